The first-order chi connectivity index (χ1) is 13.7. The van der Waals surface area contributed by atoms with Gasteiger partial charge < -0.3 is 14.6 Å². The zero-order valence-electron chi connectivity index (χ0n) is 16.3. The number of hydrogen-bond acceptors (Lipinski definition) is 4. The van der Waals surface area contributed by atoms with Gasteiger partial charge in [-0.2, -0.15) is 0 Å². The lowest BCUT2D eigenvalue weighted by molar-refractivity contribution is 0.0527. The van der Waals surface area contributed by atoms with Crippen LogP contribution >= 0.6 is 0 Å². The normalized spacial score (nSPS) is 11.2. The fraction of sp³-hybridized carbons (Fsp3) is 0.217. The van der Waals surface area contributed by atoms with E-state index in [1.54, 1.807) is 0 Å². The second-order valence-electron chi connectivity index (χ2n) is 6.74. The zero-order valence-corrected chi connectivity index (χ0v) is 16.3. The van der Waals surface area contributed by atoms with Crippen LogP contribution in [0.3, 0.4) is 0 Å². The summed E-state index contributed by atoms with van der Waals surface area (Å²) in [5.74, 6) is -0.280. The molecule has 0 aliphatic carbocycles. The molecule has 0 aliphatic heterocycles. The Morgan fingerprint density at radius 1 is 1.18 bits per heavy atom. The number of carbonyl (C=O) groups excluding carboxylic acids is 1. The van der Waals surface area contributed by atoms with Gasteiger partial charge in [-0.05, 0) is 31.7 Å². The molecule has 0 atom stereocenters. The van der Waals surface area contributed by atoms with Crippen LogP contribution in [0.25, 0.3) is 32.9 Å². The van der Waals surface area contributed by atoms with Crippen molar-refractivity contribution in [3.05, 3.63) is 66.0 Å². The molecular formula is C23H23N3O2. The van der Waals surface area contributed by atoms with Gasteiger partial charge in [-0.15, -0.1) is 0 Å². The Morgan fingerprint density at radius 2 is 2.00 bits per heavy atom. The quantitative estimate of drug-likeness (QED) is 0.530. The van der Waals surface area contributed by atoms with Gasteiger partial charge in [0.1, 0.15) is 0 Å². The molecule has 0 saturated carbocycles. The SMILES string of the molecule is CCOC(=O)c1c(CNC)n(C)c2cc(-c3cccc4cccnc34)ccc12. The highest BCUT2D eigenvalue weighted by molar-refractivity contribution is 6.07. The maximum atomic E-state index is 12.6. The summed E-state index contributed by atoms with van der Waals surface area (Å²) >= 11 is 0. The molecule has 0 unspecified atom stereocenters. The highest BCUT2D eigenvalue weighted by Crippen LogP contribution is 2.33. The monoisotopic (exact) mass is 373 g/mol. The van der Waals surface area contributed by atoms with Gasteiger partial charge >= 0.3 is 5.97 Å². The lowest BCUT2D eigenvalue weighted by atomic mass is 10.00. The van der Waals surface area contributed by atoms with Crippen LogP contribution in [0.5, 0.6) is 0 Å². The van der Waals surface area contributed by atoms with E-state index in [0.717, 1.165) is 38.6 Å². The zero-order chi connectivity index (χ0) is 19.7. The van der Waals surface area contributed by atoms with E-state index in [1.165, 1.54) is 0 Å². The Kier molecular flexibility index (Phi) is 4.84. The Balaban J connectivity index is 1.94. The molecular weight excluding hydrogens is 350 g/mol. The highest BCUT2D eigenvalue weighted by atomic mass is 16.5. The number of ether oxygens (including phenoxy) is 1. The number of nitrogens with zero attached hydrogens (tertiary/aromatic N) is 2. The van der Waals surface area contributed by atoms with Crippen LogP contribution in [0.15, 0.2) is 54.7 Å². The van der Waals surface area contributed by atoms with Gasteiger partial charge in [0.15, 0.2) is 0 Å². The number of benzene rings is 2. The Labute approximate surface area is 164 Å². The molecule has 0 fully saturated rings. The average Bonchev–Trinajstić information content (AvgIpc) is 2.99. The fourth-order valence-electron chi connectivity index (χ4n) is 3.80. The summed E-state index contributed by atoms with van der Waals surface area (Å²) in [5.41, 5.74) is 5.68. The molecule has 28 heavy (non-hydrogen) atoms. The second kappa shape index (κ2) is 7.44. The fourth-order valence-corrected chi connectivity index (χ4v) is 3.80. The average molecular weight is 373 g/mol. The van der Waals surface area contributed by atoms with E-state index in [2.05, 4.69) is 45.2 Å². The molecule has 0 bridgehead atoms. The molecule has 142 valence electrons. The molecule has 2 aromatic heterocycles. The lowest BCUT2D eigenvalue weighted by Gasteiger charge is -2.07. The van der Waals surface area contributed by atoms with Crippen LogP contribution in [-0.4, -0.2) is 29.2 Å². The maximum Gasteiger partial charge on any atom is 0.340 e. The first-order valence-corrected chi connectivity index (χ1v) is 9.42. The number of esters is 1. The minimum Gasteiger partial charge on any atom is -0.462 e. The first-order valence-electron chi connectivity index (χ1n) is 9.42. The van der Waals surface area contributed by atoms with Gasteiger partial charge in [-0.3, -0.25) is 4.98 Å². The van der Waals surface area contributed by atoms with E-state index in [0.29, 0.717) is 18.7 Å². The number of nitrogens with one attached hydrogen (secondary N) is 1. The molecule has 0 aliphatic rings. The van der Waals surface area contributed by atoms with Crippen LogP contribution < -0.4 is 5.32 Å². The molecule has 4 rings (SSSR count). The summed E-state index contributed by atoms with van der Waals surface area (Å²) in [4.78, 5) is 17.2. The largest absolute Gasteiger partial charge is 0.462 e. The van der Waals surface area contributed by atoms with Gasteiger partial charge in [-0.1, -0.05) is 36.4 Å². The predicted octanol–water partition coefficient (Wildman–Crippen LogP) is 4.29. The van der Waals surface area contributed by atoms with E-state index >= 15 is 0 Å². The van der Waals surface area contributed by atoms with Crippen molar-refractivity contribution < 1.29 is 9.53 Å². The number of aromatic nitrogens is 2. The Morgan fingerprint density at radius 3 is 2.79 bits per heavy atom. The maximum absolute atomic E-state index is 12.6. The minimum atomic E-state index is -0.280. The number of rotatable bonds is 5. The number of pyridine rings is 1. The summed E-state index contributed by atoms with van der Waals surface area (Å²) in [7, 11) is 3.86. The van der Waals surface area contributed by atoms with Crippen molar-refractivity contribution in [1.29, 1.82) is 0 Å². The first kappa shape index (κ1) is 18.2. The van der Waals surface area contributed by atoms with Crippen molar-refractivity contribution in [1.82, 2.24) is 14.9 Å². The van der Waals surface area contributed by atoms with Crippen molar-refractivity contribution in [3.8, 4) is 11.1 Å². The number of hydrogen-bond donors (Lipinski definition) is 1. The third-order valence-electron chi connectivity index (χ3n) is 5.09. The van der Waals surface area contributed by atoms with Crippen LogP contribution in [0.4, 0.5) is 0 Å². The van der Waals surface area contributed by atoms with Crippen molar-refractivity contribution >= 4 is 27.8 Å². The summed E-state index contributed by atoms with van der Waals surface area (Å²) in [5, 5.41) is 5.17. The molecule has 4 aromatic rings. The molecule has 2 aromatic carbocycles. The smallest absolute Gasteiger partial charge is 0.340 e. The minimum absolute atomic E-state index is 0.280. The van der Waals surface area contributed by atoms with Crippen molar-refractivity contribution in [2.75, 3.05) is 13.7 Å². The summed E-state index contributed by atoms with van der Waals surface area (Å²) in [6.07, 6.45) is 1.82. The molecule has 0 saturated heterocycles. The third kappa shape index (κ3) is 2.94. The predicted molar refractivity (Wildman–Crippen MR) is 112 cm³/mol. The van der Waals surface area contributed by atoms with E-state index in [9.17, 15) is 4.79 Å². The van der Waals surface area contributed by atoms with E-state index < -0.39 is 0 Å². The summed E-state index contributed by atoms with van der Waals surface area (Å²) in [6.45, 7) is 2.77. The number of aryl methyl sites for hydroxylation is 1. The topological polar surface area (TPSA) is 56.1 Å². The van der Waals surface area contributed by atoms with Crippen molar-refractivity contribution in [2.45, 2.75) is 13.5 Å². The van der Waals surface area contributed by atoms with Crippen LogP contribution in [0.2, 0.25) is 0 Å². The standard InChI is InChI=1S/C23H23N3O2/c1-4-28-23(27)21-18-11-10-16(13-19(18)26(3)20(21)14-24-2)17-9-5-7-15-8-6-12-25-22(15)17/h5-13,24H,4,14H2,1-3H3. The lowest BCUT2D eigenvalue weighted by Crippen LogP contribution is -2.14. The molecule has 5 heteroatoms. The number of carbonyl (C=O) groups is 1. The van der Waals surface area contributed by atoms with Gasteiger partial charge in [0.2, 0.25) is 0 Å². The number of para-hydroxylation sites is 1. The van der Waals surface area contributed by atoms with E-state index in [4.69, 9.17) is 4.74 Å². The highest BCUT2D eigenvalue weighted by Gasteiger charge is 2.22. The molecule has 0 amide bonds. The van der Waals surface area contributed by atoms with Crippen LogP contribution in [0, 0.1) is 0 Å². The Bertz CT molecular complexity index is 1170. The summed E-state index contributed by atoms with van der Waals surface area (Å²) < 4.78 is 7.39. The van der Waals surface area contributed by atoms with Gasteiger partial charge in [0.25, 0.3) is 0 Å². The van der Waals surface area contributed by atoms with E-state index in [-0.39, 0.29) is 5.97 Å². The van der Waals surface area contributed by atoms with Gasteiger partial charge in [0.05, 0.1) is 17.7 Å². The second-order valence-corrected chi connectivity index (χ2v) is 6.74. The van der Waals surface area contributed by atoms with Crippen molar-refractivity contribution in [2.24, 2.45) is 7.05 Å². The van der Waals surface area contributed by atoms with Crippen LogP contribution in [0.1, 0.15) is 23.0 Å². The molecule has 0 spiro atoms. The van der Waals surface area contributed by atoms with Gasteiger partial charge in [-0.25, -0.2) is 4.79 Å². The third-order valence-corrected chi connectivity index (χ3v) is 5.09. The molecule has 1 N–H and O–H groups in total. The van der Waals surface area contributed by atoms with Crippen molar-refractivity contribution in [3.63, 3.8) is 0 Å². The molecule has 5 nitrogen and oxygen atoms in total. The Hall–Kier alpha value is -3.18. The number of fused-ring (bicyclic) bond motifs is 2. The van der Waals surface area contributed by atoms with E-state index in [1.807, 2.05) is 45.4 Å². The molecule has 2 heterocycles. The van der Waals surface area contributed by atoms with Gasteiger partial charge in [0, 0.05) is 47.3 Å². The summed E-state index contributed by atoms with van der Waals surface area (Å²) in [6, 6.07) is 16.4. The molecule has 0 radical (unpaired) electrons. The van der Waals surface area contributed by atoms with Crippen LogP contribution in [-0.2, 0) is 18.3 Å².